The van der Waals surface area contributed by atoms with E-state index in [-0.39, 0.29) is 48.7 Å². The van der Waals surface area contributed by atoms with Crippen molar-refractivity contribution in [3.8, 4) is 0 Å². The highest BCUT2D eigenvalue weighted by atomic mass is 28.3. The predicted octanol–water partition coefficient (Wildman–Crippen LogP) is 8.14. The van der Waals surface area contributed by atoms with Gasteiger partial charge in [-0.2, -0.15) is 0 Å². The molecule has 8 aliphatic rings. The van der Waals surface area contributed by atoms with Gasteiger partial charge in [0.2, 0.25) is 5.91 Å². The number of aliphatic hydroxyl groups is 1. The van der Waals surface area contributed by atoms with Crippen molar-refractivity contribution in [2.75, 3.05) is 20.3 Å². The molecular formula is C43H70N2O6Si. The highest BCUT2D eigenvalue weighted by Gasteiger charge is 2.67. The van der Waals surface area contributed by atoms with Crippen LogP contribution in [0.25, 0.3) is 0 Å². The highest BCUT2D eigenvalue weighted by Crippen LogP contribution is 2.61. The zero-order valence-corrected chi connectivity index (χ0v) is 34.0. The van der Waals surface area contributed by atoms with Crippen LogP contribution in [0.2, 0.25) is 24.2 Å². The maximum absolute atomic E-state index is 15.2. The lowest BCUT2D eigenvalue weighted by molar-refractivity contribution is -0.150. The summed E-state index contributed by atoms with van der Waals surface area (Å²) in [4.78, 5) is 34.1. The maximum Gasteiger partial charge on any atom is 0.263 e. The van der Waals surface area contributed by atoms with Crippen LogP contribution in [0.15, 0.2) is 11.3 Å². The van der Waals surface area contributed by atoms with E-state index in [9.17, 15) is 9.90 Å². The summed E-state index contributed by atoms with van der Waals surface area (Å²) in [6, 6.07) is 0.542. The summed E-state index contributed by atoms with van der Waals surface area (Å²) in [5.41, 5.74) is 2.73. The highest BCUT2D eigenvalue weighted by molar-refractivity contribution is 6.80. The van der Waals surface area contributed by atoms with E-state index in [4.69, 9.17) is 14.2 Å². The van der Waals surface area contributed by atoms with E-state index < -0.39 is 13.7 Å². The quantitative estimate of drug-likeness (QED) is 0.253. The van der Waals surface area contributed by atoms with E-state index in [0.29, 0.717) is 41.5 Å². The van der Waals surface area contributed by atoms with Crippen LogP contribution in [0.1, 0.15) is 142 Å². The first kappa shape index (κ1) is 37.7. The molecule has 292 valence electrons. The van der Waals surface area contributed by atoms with Gasteiger partial charge in [-0.15, -0.1) is 0 Å². The van der Waals surface area contributed by atoms with Crippen molar-refractivity contribution < 1.29 is 28.9 Å². The van der Waals surface area contributed by atoms with Crippen LogP contribution in [0, 0.1) is 17.8 Å². The average molecular weight is 739 g/mol. The van der Waals surface area contributed by atoms with E-state index >= 15 is 4.79 Å². The van der Waals surface area contributed by atoms with Crippen LogP contribution in [-0.2, 0) is 23.8 Å². The summed E-state index contributed by atoms with van der Waals surface area (Å²) in [5.74, 6) is 1.21. The number of aliphatic hydroxyl groups excluding tert-OH is 1. The number of fused-ring (bicyclic) bond motifs is 3. The Hall–Kier alpha value is -1.26. The molecule has 52 heavy (non-hydrogen) atoms. The smallest absolute Gasteiger partial charge is 0.263 e. The molecule has 8 nitrogen and oxygen atoms in total. The number of rotatable bonds is 8. The fraction of sp³-hybridized carbons (Fsp3) is 0.907. The molecule has 3 heterocycles. The van der Waals surface area contributed by atoms with Crippen molar-refractivity contribution in [1.29, 1.82) is 0 Å². The third-order valence-corrected chi connectivity index (χ3v) is 21.6. The molecule has 1 spiro atoms. The Morgan fingerprint density at radius 2 is 1.54 bits per heavy atom. The first-order chi connectivity index (χ1) is 25.2. The molecule has 2 amide bonds. The summed E-state index contributed by atoms with van der Waals surface area (Å²) in [6.45, 7) is 8.37. The Kier molecular flexibility index (Phi) is 11.1. The van der Waals surface area contributed by atoms with Gasteiger partial charge in [0.1, 0.15) is 0 Å². The van der Waals surface area contributed by atoms with E-state index in [2.05, 4.69) is 29.8 Å². The zero-order valence-electron chi connectivity index (χ0n) is 33.0. The lowest BCUT2D eigenvalue weighted by Crippen LogP contribution is -2.54. The Labute approximate surface area is 315 Å². The fourth-order valence-electron chi connectivity index (χ4n) is 13.6. The zero-order chi connectivity index (χ0) is 36.2. The third kappa shape index (κ3) is 6.40. The second-order valence-electron chi connectivity index (χ2n) is 19.2. The van der Waals surface area contributed by atoms with E-state index in [1.807, 2.05) is 7.11 Å². The lowest BCUT2D eigenvalue weighted by atomic mass is 9.78. The summed E-state index contributed by atoms with van der Waals surface area (Å²) >= 11 is 0. The largest absolute Gasteiger partial charge is 0.396 e. The standard InChI is InChI=1S/C43H70N2O6Si/c1-28-40(52(3,4)32-23-21-31(49-2)22-24-32)39(25-26-46)51-43(28)34-12-6-7-13-35(34)44(42(43)48)27-29-17-19-30(20-18-29)45-36-14-8-10-16-38(36)50-37-15-9-5-11-33(37)41(45)47/h28-33,36-40,46H,5-27H2,1-4H3/t28-,29?,30?,31?,32?,33?,36?,37?,38?,39+,40-,43+/m0/s1. The number of allylic oxidation sites excluding steroid dienone is 1. The number of ether oxygens (including phenoxy) is 3. The van der Waals surface area contributed by atoms with E-state index in [0.717, 1.165) is 103 Å². The summed E-state index contributed by atoms with van der Waals surface area (Å²) in [6.07, 6.45) is 23.3. The van der Waals surface area contributed by atoms with Gasteiger partial charge in [0.05, 0.1) is 44.4 Å². The topological polar surface area (TPSA) is 88.5 Å². The number of hydrogen-bond donors (Lipinski definition) is 1. The molecule has 0 aromatic carbocycles. The van der Waals surface area contributed by atoms with Gasteiger partial charge in [-0.3, -0.25) is 9.59 Å². The minimum Gasteiger partial charge on any atom is -0.396 e. The summed E-state index contributed by atoms with van der Waals surface area (Å²) < 4.78 is 19.8. The number of carbonyl (C=O) groups excluding carboxylic acids is 2. The van der Waals surface area contributed by atoms with Crippen molar-refractivity contribution in [2.24, 2.45) is 17.8 Å². The van der Waals surface area contributed by atoms with Gasteiger partial charge in [-0.05, 0) is 119 Å². The van der Waals surface area contributed by atoms with Crippen molar-refractivity contribution in [2.45, 2.75) is 208 Å². The van der Waals surface area contributed by atoms with Crippen LogP contribution < -0.4 is 0 Å². The molecule has 9 heteroatoms. The number of methoxy groups -OCH3 is 1. The molecule has 6 fully saturated rings. The summed E-state index contributed by atoms with van der Waals surface area (Å²) in [5, 5.41) is 10.3. The first-order valence-corrected chi connectivity index (χ1v) is 25.2. The lowest BCUT2D eigenvalue weighted by Gasteiger charge is -2.45. The fourth-order valence-corrected chi connectivity index (χ4v) is 18.7. The SMILES string of the molecule is COC1CCC([Si](C)(C)[C@@H]2[C@@H](CCO)O[C@]3(C(=O)N(CC4CCC(N5C(=O)C6CCCCC6OC6CCCCC65)CC4)C4=C3CCCC4)[C@H]2C)CC1. The number of hydrogen-bond acceptors (Lipinski definition) is 6. The number of carbonyl (C=O) groups is 2. The molecule has 0 radical (unpaired) electrons. The van der Waals surface area contributed by atoms with Gasteiger partial charge in [0.15, 0.2) is 5.60 Å². The molecular weight excluding hydrogens is 669 g/mol. The third-order valence-electron chi connectivity index (χ3n) is 16.3. The van der Waals surface area contributed by atoms with E-state index in [1.165, 1.54) is 43.4 Å². The molecule has 0 bridgehead atoms. The van der Waals surface area contributed by atoms with Crippen molar-refractivity contribution >= 4 is 19.9 Å². The second-order valence-corrected chi connectivity index (χ2v) is 24.3. The van der Waals surface area contributed by atoms with E-state index in [1.54, 1.807) is 0 Å². The number of amides is 2. The van der Waals surface area contributed by atoms with Gasteiger partial charge in [0, 0.05) is 37.9 Å². The first-order valence-electron chi connectivity index (χ1n) is 22.0. The maximum atomic E-state index is 15.2. The van der Waals surface area contributed by atoms with Crippen LogP contribution in [0.5, 0.6) is 0 Å². The van der Waals surface area contributed by atoms with Crippen molar-refractivity contribution in [1.82, 2.24) is 9.80 Å². The van der Waals surface area contributed by atoms with Gasteiger partial charge < -0.3 is 29.1 Å². The Balaban J connectivity index is 0.994. The van der Waals surface area contributed by atoms with Crippen LogP contribution in [0.3, 0.4) is 0 Å². The van der Waals surface area contributed by atoms with Gasteiger partial charge >= 0.3 is 0 Å². The molecule has 4 saturated carbocycles. The molecule has 4 unspecified atom stereocenters. The van der Waals surface area contributed by atoms with Crippen LogP contribution in [0.4, 0.5) is 0 Å². The molecule has 3 aliphatic heterocycles. The number of nitrogens with zero attached hydrogens (tertiary/aromatic N) is 2. The van der Waals surface area contributed by atoms with Gasteiger partial charge in [-0.1, -0.05) is 58.5 Å². The molecule has 0 aromatic heterocycles. The molecule has 1 N–H and O–H groups in total. The van der Waals surface area contributed by atoms with Crippen molar-refractivity contribution in [3.63, 3.8) is 0 Å². The minimum atomic E-state index is -1.90. The molecule has 0 aromatic rings. The normalized spacial score (nSPS) is 43.1. The molecule has 8 rings (SSSR count). The van der Waals surface area contributed by atoms with Crippen LogP contribution >= 0.6 is 0 Å². The molecule has 8 atom stereocenters. The summed E-state index contributed by atoms with van der Waals surface area (Å²) in [7, 11) is -0.0527. The van der Waals surface area contributed by atoms with Crippen LogP contribution in [-0.4, -0.2) is 97.2 Å². The van der Waals surface area contributed by atoms with Crippen molar-refractivity contribution in [3.05, 3.63) is 11.3 Å². The monoisotopic (exact) mass is 739 g/mol. The average Bonchev–Trinajstić information content (AvgIpc) is 3.54. The molecule has 5 aliphatic carbocycles. The minimum absolute atomic E-state index is 0.0486. The second kappa shape index (κ2) is 15.3. The molecule has 2 saturated heterocycles. The predicted molar refractivity (Wildman–Crippen MR) is 205 cm³/mol. The Morgan fingerprint density at radius 1 is 0.846 bits per heavy atom. The van der Waals surface area contributed by atoms with Gasteiger partial charge in [-0.25, -0.2) is 0 Å². The van der Waals surface area contributed by atoms with Gasteiger partial charge in [0.25, 0.3) is 5.91 Å². The Morgan fingerprint density at radius 3 is 2.27 bits per heavy atom. The Bertz CT molecular complexity index is 1340.